The van der Waals surface area contributed by atoms with E-state index >= 15 is 0 Å². The average Bonchev–Trinajstić information content (AvgIpc) is 2.24. The molecule has 0 bridgehead atoms. The summed E-state index contributed by atoms with van der Waals surface area (Å²) in [5.74, 6) is 0. The van der Waals surface area contributed by atoms with Crippen LogP contribution in [0.4, 0.5) is 0 Å². The van der Waals surface area contributed by atoms with Crippen LogP contribution in [0.2, 0.25) is 0 Å². The van der Waals surface area contributed by atoms with Crippen LogP contribution in [-0.4, -0.2) is 0 Å². The molecule has 0 nitrogen and oxygen atoms in total. The monoisotopic (exact) mass is 210 g/mol. The third kappa shape index (κ3) is 61.1. The molecule has 0 aliphatic carbocycles. The summed E-state index contributed by atoms with van der Waals surface area (Å²) in [6.07, 6.45) is 3.75. The molecule has 1 aromatic carbocycles. The van der Waals surface area contributed by atoms with Gasteiger partial charge in [0.2, 0.25) is 0 Å². The molecule has 15 heavy (non-hydrogen) atoms. The van der Waals surface area contributed by atoms with E-state index in [9.17, 15) is 0 Å². The van der Waals surface area contributed by atoms with Gasteiger partial charge in [-0.15, -0.1) is 0 Å². The van der Waals surface area contributed by atoms with Gasteiger partial charge in [0.1, 0.15) is 0 Å². The minimum absolute atomic E-state index is 1.25. The summed E-state index contributed by atoms with van der Waals surface area (Å²) < 4.78 is 0. The SMILES string of the molecule is CCC.CCC.CCC.c1ccccc1. The van der Waals surface area contributed by atoms with Gasteiger partial charge in [-0.1, -0.05) is 97.2 Å². The summed E-state index contributed by atoms with van der Waals surface area (Å²) in [5.41, 5.74) is 0. The third-order valence-corrected chi connectivity index (χ3v) is 0.667. The summed E-state index contributed by atoms with van der Waals surface area (Å²) in [6, 6.07) is 12.0. The summed E-state index contributed by atoms with van der Waals surface area (Å²) >= 11 is 0. The van der Waals surface area contributed by atoms with Gasteiger partial charge in [0, 0.05) is 0 Å². The van der Waals surface area contributed by atoms with Crippen molar-refractivity contribution >= 4 is 0 Å². The van der Waals surface area contributed by atoms with E-state index in [0.717, 1.165) is 0 Å². The standard InChI is InChI=1S/C6H6.3C3H8/c1-2-4-6-5-3-1;3*1-3-2/h1-6H;3*3H2,1-2H3. The van der Waals surface area contributed by atoms with Crippen LogP contribution >= 0.6 is 0 Å². The lowest BCUT2D eigenvalue weighted by atomic mass is 10.4. The van der Waals surface area contributed by atoms with Crippen molar-refractivity contribution < 1.29 is 0 Å². The molecule has 1 aromatic rings. The highest BCUT2D eigenvalue weighted by atomic mass is 13.6. The fraction of sp³-hybridized carbons (Fsp3) is 0.600. The van der Waals surface area contributed by atoms with Crippen LogP contribution < -0.4 is 0 Å². The second-order valence-electron chi connectivity index (χ2n) is 3.28. The molecule has 0 heterocycles. The van der Waals surface area contributed by atoms with Crippen molar-refractivity contribution in [3.8, 4) is 0 Å². The fourth-order valence-corrected chi connectivity index (χ4v) is 0.385. The predicted octanol–water partition coefficient (Wildman–Crippen LogP) is 5.94. The summed E-state index contributed by atoms with van der Waals surface area (Å²) in [4.78, 5) is 0. The Morgan fingerprint density at radius 3 is 0.533 bits per heavy atom. The minimum Gasteiger partial charge on any atom is -0.0656 e. The zero-order valence-electron chi connectivity index (χ0n) is 11.6. The Morgan fingerprint density at radius 2 is 0.467 bits per heavy atom. The number of benzene rings is 1. The molecule has 0 saturated carbocycles. The van der Waals surface area contributed by atoms with E-state index in [4.69, 9.17) is 0 Å². The lowest BCUT2D eigenvalue weighted by molar-refractivity contribution is 1.09. The number of hydrogen-bond donors (Lipinski definition) is 0. The van der Waals surface area contributed by atoms with Crippen molar-refractivity contribution in [1.29, 1.82) is 0 Å². The lowest BCUT2D eigenvalue weighted by Gasteiger charge is -1.69. The predicted molar refractivity (Wildman–Crippen MR) is 74.3 cm³/mol. The van der Waals surface area contributed by atoms with E-state index in [-0.39, 0.29) is 0 Å². The largest absolute Gasteiger partial charge is 0.0656 e. The zero-order chi connectivity index (χ0) is 12.4. The molecular formula is C15H30. The van der Waals surface area contributed by atoms with Gasteiger partial charge in [0.15, 0.2) is 0 Å². The molecule has 0 aliphatic heterocycles. The Balaban J connectivity index is -0.000000140. The molecular weight excluding hydrogens is 180 g/mol. The summed E-state index contributed by atoms with van der Waals surface area (Å²) in [6.45, 7) is 12.8. The Bertz CT molecular complexity index is 101. The maximum Gasteiger partial charge on any atom is -0.0590 e. The van der Waals surface area contributed by atoms with Crippen LogP contribution in [0.15, 0.2) is 36.4 Å². The van der Waals surface area contributed by atoms with Crippen molar-refractivity contribution in [2.75, 3.05) is 0 Å². The molecule has 0 aromatic heterocycles. The topological polar surface area (TPSA) is 0 Å². The van der Waals surface area contributed by atoms with Crippen molar-refractivity contribution in [3.05, 3.63) is 36.4 Å². The van der Waals surface area contributed by atoms with Gasteiger partial charge >= 0.3 is 0 Å². The first-order valence-electron chi connectivity index (χ1n) is 6.24. The van der Waals surface area contributed by atoms with E-state index in [1.807, 2.05) is 36.4 Å². The molecule has 0 radical (unpaired) electrons. The van der Waals surface area contributed by atoms with Crippen LogP contribution in [0.1, 0.15) is 60.8 Å². The Labute approximate surface area is 97.7 Å². The first-order valence-corrected chi connectivity index (χ1v) is 6.24. The highest BCUT2D eigenvalue weighted by Gasteiger charge is 1.57. The van der Waals surface area contributed by atoms with Crippen LogP contribution in [0, 0.1) is 0 Å². The van der Waals surface area contributed by atoms with Crippen LogP contribution in [0.5, 0.6) is 0 Å². The Morgan fingerprint density at radius 1 is 0.400 bits per heavy atom. The lowest BCUT2D eigenvalue weighted by Crippen LogP contribution is -1.47. The van der Waals surface area contributed by atoms with E-state index in [1.54, 1.807) is 0 Å². The normalized spacial score (nSPS) is 6.80. The van der Waals surface area contributed by atoms with Gasteiger partial charge < -0.3 is 0 Å². The quantitative estimate of drug-likeness (QED) is 0.497. The van der Waals surface area contributed by atoms with Crippen molar-refractivity contribution in [1.82, 2.24) is 0 Å². The Hall–Kier alpha value is -0.780. The first-order chi connectivity index (χ1) is 7.24. The van der Waals surface area contributed by atoms with Gasteiger partial charge in [0.05, 0.1) is 0 Å². The van der Waals surface area contributed by atoms with Crippen molar-refractivity contribution in [2.45, 2.75) is 60.8 Å². The molecule has 0 heteroatoms. The van der Waals surface area contributed by atoms with E-state index in [1.165, 1.54) is 19.3 Å². The fourth-order valence-electron chi connectivity index (χ4n) is 0.385. The molecule has 0 aliphatic rings. The minimum atomic E-state index is 1.25. The Kier molecular flexibility index (Phi) is 38.5. The van der Waals surface area contributed by atoms with Crippen molar-refractivity contribution in [2.24, 2.45) is 0 Å². The van der Waals surface area contributed by atoms with Crippen LogP contribution in [0.3, 0.4) is 0 Å². The second-order valence-corrected chi connectivity index (χ2v) is 3.28. The molecule has 0 atom stereocenters. The van der Waals surface area contributed by atoms with Crippen LogP contribution in [0.25, 0.3) is 0 Å². The van der Waals surface area contributed by atoms with Crippen molar-refractivity contribution in [3.63, 3.8) is 0 Å². The maximum atomic E-state index is 2.12. The average molecular weight is 210 g/mol. The molecule has 0 fully saturated rings. The summed E-state index contributed by atoms with van der Waals surface area (Å²) in [7, 11) is 0. The smallest absolute Gasteiger partial charge is 0.0590 e. The summed E-state index contributed by atoms with van der Waals surface area (Å²) in [5, 5.41) is 0. The highest BCUT2D eigenvalue weighted by Crippen LogP contribution is 1.79. The molecule has 0 spiro atoms. The molecule has 0 amide bonds. The highest BCUT2D eigenvalue weighted by molar-refractivity contribution is 4.99. The van der Waals surface area contributed by atoms with E-state index < -0.39 is 0 Å². The molecule has 0 N–H and O–H groups in total. The maximum absolute atomic E-state index is 2.12. The zero-order valence-corrected chi connectivity index (χ0v) is 11.6. The second kappa shape index (κ2) is 29.2. The molecule has 1 rings (SSSR count). The van der Waals surface area contributed by atoms with Gasteiger partial charge in [-0.05, 0) is 0 Å². The van der Waals surface area contributed by atoms with Gasteiger partial charge in [-0.3, -0.25) is 0 Å². The van der Waals surface area contributed by atoms with E-state index in [0.29, 0.717) is 0 Å². The number of hydrogen-bond acceptors (Lipinski definition) is 0. The third-order valence-electron chi connectivity index (χ3n) is 0.667. The molecule has 90 valence electrons. The van der Waals surface area contributed by atoms with Crippen LogP contribution in [-0.2, 0) is 0 Å². The van der Waals surface area contributed by atoms with Gasteiger partial charge in [0.25, 0.3) is 0 Å². The van der Waals surface area contributed by atoms with E-state index in [2.05, 4.69) is 41.5 Å². The number of rotatable bonds is 0. The first kappa shape index (κ1) is 19.7. The van der Waals surface area contributed by atoms with Gasteiger partial charge in [-0.2, -0.15) is 0 Å². The molecule has 0 saturated heterocycles. The van der Waals surface area contributed by atoms with Gasteiger partial charge in [-0.25, -0.2) is 0 Å². The molecule has 0 unspecified atom stereocenters.